The van der Waals surface area contributed by atoms with Gasteiger partial charge in [-0.2, -0.15) is 0 Å². The molecule has 1 nitrogen and oxygen atoms in total. The first-order valence-corrected chi connectivity index (χ1v) is 15.6. The summed E-state index contributed by atoms with van der Waals surface area (Å²) in [4.78, 5) is 0. The normalized spacial score (nSPS) is 46.5. The molecule has 0 radical (unpaired) electrons. The van der Waals surface area contributed by atoms with E-state index >= 15 is 8.78 Å². The summed E-state index contributed by atoms with van der Waals surface area (Å²) in [5.74, 6) is 0.622. The Morgan fingerprint density at radius 1 is 0.583 bits per heavy atom. The second kappa shape index (κ2) is 13.7. The van der Waals surface area contributed by atoms with Crippen molar-refractivity contribution in [2.75, 3.05) is 6.61 Å². The predicted molar refractivity (Wildman–Crippen MR) is 139 cm³/mol. The molecule has 210 valence electrons. The van der Waals surface area contributed by atoms with Gasteiger partial charge in [0, 0.05) is 5.92 Å². The monoisotopic (exact) mass is 516 g/mol. The van der Waals surface area contributed by atoms with Crippen LogP contribution in [0.2, 0.25) is 0 Å². The fraction of sp³-hybridized carbons (Fsp3) is 1.00. The van der Waals surface area contributed by atoms with Crippen molar-refractivity contribution in [3.63, 3.8) is 0 Å². The van der Waals surface area contributed by atoms with Gasteiger partial charge in [0.05, 0.1) is 12.7 Å². The lowest BCUT2D eigenvalue weighted by Gasteiger charge is -2.42. The first-order valence-electron chi connectivity index (χ1n) is 15.6. The van der Waals surface area contributed by atoms with Crippen LogP contribution >= 0.6 is 0 Å². The molecular weight excluding hydrogens is 464 g/mol. The molecule has 8 atom stereocenters. The second-order valence-electron chi connectivity index (χ2n) is 13.0. The average Bonchev–Trinajstić information content (AvgIpc) is 2.91. The SMILES string of the molecule is CCCCC1CCC(C2CCC(OCC3CCC(C4CCC(CC)CC4)C(F)C3F)CC2)C(F)C1F. The maximum absolute atomic E-state index is 15.1. The number of ether oxygens (including phenoxy) is 1. The molecule has 0 aliphatic heterocycles. The van der Waals surface area contributed by atoms with Gasteiger partial charge in [-0.25, -0.2) is 17.6 Å². The van der Waals surface area contributed by atoms with Gasteiger partial charge < -0.3 is 4.74 Å². The number of unbranched alkanes of at least 4 members (excludes halogenated alkanes) is 1. The van der Waals surface area contributed by atoms with Crippen molar-refractivity contribution in [1.29, 1.82) is 0 Å². The van der Waals surface area contributed by atoms with Gasteiger partial charge in [-0.05, 0) is 106 Å². The highest BCUT2D eigenvalue weighted by molar-refractivity contribution is 4.94. The van der Waals surface area contributed by atoms with E-state index in [9.17, 15) is 8.78 Å². The summed E-state index contributed by atoms with van der Waals surface area (Å²) in [6, 6.07) is 0. The summed E-state index contributed by atoms with van der Waals surface area (Å²) in [7, 11) is 0. The van der Waals surface area contributed by atoms with Crippen LogP contribution in [0, 0.1) is 41.4 Å². The van der Waals surface area contributed by atoms with Gasteiger partial charge in [0.2, 0.25) is 0 Å². The molecule has 5 heteroatoms. The van der Waals surface area contributed by atoms with E-state index in [1.165, 1.54) is 19.3 Å². The Bertz CT molecular complexity index is 630. The van der Waals surface area contributed by atoms with Crippen LogP contribution in [0.1, 0.15) is 117 Å². The Morgan fingerprint density at radius 2 is 1.11 bits per heavy atom. The van der Waals surface area contributed by atoms with Crippen LogP contribution in [0.3, 0.4) is 0 Å². The van der Waals surface area contributed by atoms with Crippen molar-refractivity contribution < 1.29 is 22.3 Å². The summed E-state index contributed by atoms with van der Waals surface area (Å²) in [5, 5.41) is 0. The smallest absolute Gasteiger partial charge is 0.136 e. The minimum absolute atomic E-state index is 0.0497. The number of rotatable bonds is 9. The number of halogens is 4. The van der Waals surface area contributed by atoms with Gasteiger partial charge in [0.15, 0.2) is 0 Å². The Hall–Kier alpha value is -0.320. The quantitative estimate of drug-likeness (QED) is 0.277. The molecule has 0 amide bonds. The molecule has 0 aromatic rings. The topological polar surface area (TPSA) is 9.23 Å². The highest BCUT2D eigenvalue weighted by Gasteiger charge is 2.45. The zero-order valence-electron chi connectivity index (χ0n) is 22.9. The molecule has 4 aliphatic rings. The maximum atomic E-state index is 15.1. The Labute approximate surface area is 217 Å². The molecule has 0 spiro atoms. The van der Waals surface area contributed by atoms with Crippen molar-refractivity contribution in [2.45, 2.75) is 147 Å². The molecule has 0 bridgehead atoms. The molecular formula is C31H52F4O. The number of alkyl halides is 4. The van der Waals surface area contributed by atoms with Crippen LogP contribution in [0.25, 0.3) is 0 Å². The lowest BCUT2D eigenvalue weighted by atomic mass is 9.67. The maximum Gasteiger partial charge on any atom is 0.136 e. The van der Waals surface area contributed by atoms with E-state index in [1.807, 2.05) is 0 Å². The zero-order chi connectivity index (χ0) is 25.7. The van der Waals surface area contributed by atoms with Crippen molar-refractivity contribution >= 4 is 0 Å². The molecule has 0 aromatic carbocycles. The van der Waals surface area contributed by atoms with Gasteiger partial charge in [0.25, 0.3) is 0 Å². The Balaban J connectivity index is 1.17. The minimum Gasteiger partial charge on any atom is -0.378 e. The van der Waals surface area contributed by atoms with Crippen LogP contribution in [-0.2, 0) is 4.74 Å². The lowest BCUT2D eigenvalue weighted by Crippen LogP contribution is -2.44. The van der Waals surface area contributed by atoms with Gasteiger partial charge in [0.1, 0.15) is 24.7 Å². The van der Waals surface area contributed by atoms with E-state index in [1.54, 1.807) is 0 Å². The van der Waals surface area contributed by atoms with Gasteiger partial charge in [-0.3, -0.25) is 0 Å². The third kappa shape index (κ3) is 6.81. The highest BCUT2D eigenvalue weighted by Crippen LogP contribution is 2.46. The van der Waals surface area contributed by atoms with E-state index in [0.717, 1.165) is 89.4 Å². The molecule has 0 saturated heterocycles. The van der Waals surface area contributed by atoms with E-state index in [-0.39, 0.29) is 35.7 Å². The van der Waals surface area contributed by atoms with E-state index < -0.39 is 24.7 Å². The third-order valence-corrected chi connectivity index (χ3v) is 10.9. The molecule has 0 heterocycles. The standard InChI is InChI=1S/C31H52F4O/c1-3-5-6-23-13-17-26(30(34)28(23)32)22-11-15-25(16-12-22)36-19-24-14-18-27(31(35)29(24)33)21-9-7-20(4-2)8-10-21/h20-31H,3-19H2,1-2H3. The molecule has 4 aliphatic carbocycles. The summed E-state index contributed by atoms with van der Waals surface area (Å²) < 4.78 is 66.1. The molecule has 36 heavy (non-hydrogen) atoms. The fourth-order valence-corrected chi connectivity index (χ4v) is 8.35. The first kappa shape index (κ1) is 28.7. The van der Waals surface area contributed by atoms with E-state index in [4.69, 9.17) is 4.74 Å². The van der Waals surface area contributed by atoms with Crippen molar-refractivity contribution in [1.82, 2.24) is 0 Å². The van der Waals surface area contributed by atoms with E-state index in [0.29, 0.717) is 12.5 Å². The van der Waals surface area contributed by atoms with Gasteiger partial charge in [-0.1, -0.05) is 46.0 Å². The molecule has 4 rings (SSSR count). The average molecular weight is 517 g/mol. The van der Waals surface area contributed by atoms with E-state index in [2.05, 4.69) is 13.8 Å². The lowest BCUT2D eigenvalue weighted by molar-refractivity contribution is -0.0717. The highest BCUT2D eigenvalue weighted by atomic mass is 19.2. The summed E-state index contributed by atoms with van der Waals surface area (Å²) in [6.07, 6.45) is 9.63. The van der Waals surface area contributed by atoms with Gasteiger partial charge >= 0.3 is 0 Å². The second-order valence-corrected chi connectivity index (χ2v) is 13.0. The zero-order valence-corrected chi connectivity index (χ0v) is 22.9. The molecule has 0 aromatic heterocycles. The molecule has 4 saturated carbocycles. The summed E-state index contributed by atoms with van der Waals surface area (Å²) in [5.41, 5.74) is 0. The number of hydrogen-bond donors (Lipinski definition) is 0. The van der Waals surface area contributed by atoms with Gasteiger partial charge in [-0.15, -0.1) is 0 Å². The Kier molecular flexibility index (Phi) is 10.9. The molecule has 4 fully saturated rings. The van der Waals surface area contributed by atoms with Crippen LogP contribution in [0.15, 0.2) is 0 Å². The van der Waals surface area contributed by atoms with Crippen LogP contribution in [0.5, 0.6) is 0 Å². The summed E-state index contributed by atoms with van der Waals surface area (Å²) >= 11 is 0. The van der Waals surface area contributed by atoms with Crippen LogP contribution in [0.4, 0.5) is 17.6 Å². The minimum atomic E-state index is -1.42. The fourth-order valence-electron chi connectivity index (χ4n) is 8.35. The number of hydrogen-bond acceptors (Lipinski definition) is 1. The van der Waals surface area contributed by atoms with Crippen molar-refractivity contribution in [2.24, 2.45) is 41.4 Å². The summed E-state index contributed by atoms with van der Waals surface area (Å²) in [6.45, 7) is 4.63. The van der Waals surface area contributed by atoms with Crippen molar-refractivity contribution in [3.05, 3.63) is 0 Å². The largest absolute Gasteiger partial charge is 0.378 e. The predicted octanol–water partition coefficient (Wildman–Crippen LogP) is 9.37. The van der Waals surface area contributed by atoms with Crippen molar-refractivity contribution in [3.8, 4) is 0 Å². The molecule has 8 unspecified atom stereocenters. The first-order chi connectivity index (χ1) is 17.4. The molecule has 0 N–H and O–H groups in total. The van der Waals surface area contributed by atoms with Crippen LogP contribution in [-0.4, -0.2) is 37.4 Å². The third-order valence-electron chi connectivity index (χ3n) is 10.9. The Morgan fingerprint density at radius 3 is 1.67 bits per heavy atom. The van der Waals surface area contributed by atoms with Crippen LogP contribution < -0.4 is 0 Å².